The molecule has 1 saturated carbocycles. The van der Waals surface area contributed by atoms with Crippen molar-refractivity contribution in [2.75, 3.05) is 25.0 Å². The van der Waals surface area contributed by atoms with Crippen molar-refractivity contribution in [1.29, 1.82) is 0 Å². The SMILES string of the molecule is CCN(CC1CC1)c1ncc(CNC)s1. The fraction of sp³-hybridized carbons (Fsp3) is 0.727. The van der Waals surface area contributed by atoms with Gasteiger partial charge in [0, 0.05) is 30.7 Å². The van der Waals surface area contributed by atoms with Crippen LogP contribution >= 0.6 is 11.3 Å². The molecule has 0 aromatic carbocycles. The predicted octanol–water partition coefficient (Wildman–Crippen LogP) is 2.10. The Morgan fingerprint density at radius 3 is 3.00 bits per heavy atom. The summed E-state index contributed by atoms with van der Waals surface area (Å²) >= 11 is 1.81. The Morgan fingerprint density at radius 1 is 1.60 bits per heavy atom. The van der Waals surface area contributed by atoms with Gasteiger partial charge in [0.25, 0.3) is 0 Å². The van der Waals surface area contributed by atoms with E-state index in [0.29, 0.717) is 0 Å². The highest BCUT2D eigenvalue weighted by Gasteiger charge is 2.24. The maximum atomic E-state index is 4.49. The lowest BCUT2D eigenvalue weighted by molar-refractivity contribution is 0.739. The van der Waals surface area contributed by atoms with Crippen molar-refractivity contribution in [1.82, 2.24) is 10.3 Å². The standard InChI is InChI=1S/C11H19N3S/c1-3-14(8-9-4-5-9)11-13-7-10(15-11)6-12-2/h7,9,12H,3-6,8H2,1-2H3. The first-order valence-corrected chi connectivity index (χ1v) is 6.49. The summed E-state index contributed by atoms with van der Waals surface area (Å²) in [7, 11) is 1.97. The summed E-state index contributed by atoms with van der Waals surface area (Å²) in [5.74, 6) is 0.932. The third kappa shape index (κ3) is 2.92. The minimum Gasteiger partial charge on any atom is -0.348 e. The fourth-order valence-electron chi connectivity index (χ4n) is 1.65. The molecule has 1 heterocycles. The highest BCUT2D eigenvalue weighted by atomic mass is 32.1. The average Bonchev–Trinajstić information content (AvgIpc) is 2.95. The molecule has 3 nitrogen and oxygen atoms in total. The van der Waals surface area contributed by atoms with Gasteiger partial charge in [-0.3, -0.25) is 0 Å². The van der Waals surface area contributed by atoms with E-state index < -0.39 is 0 Å². The topological polar surface area (TPSA) is 28.2 Å². The molecule has 1 aliphatic carbocycles. The number of nitrogens with zero attached hydrogens (tertiary/aromatic N) is 2. The molecule has 1 N–H and O–H groups in total. The van der Waals surface area contributed by atoms with Crippen LogP contribution in [0.3, 0.4) is 0 Å². The molecule has 0 atom stereocenters. The molecule has 2 rings (SSSR count). The molecule has 0 aliphatic heterocycles. The van der Waals surface area contributed by atoms with Crippen molar-refractivity contribution in [3.8, 4) is 0 Å². The Kier molecular flexibility index (Phi) is 3.59. The minimum atomic E-state index is 0.929. The quantitative estimate of drug-likeness (QED) is 0.803. The first-order chi connectivity index (χ1) is 7.33. The second-order valence-electron chi connectivity index (χ2n) is 4.12. The number of anilines is 1. The van der Waals surface area contributed by atoms with Gasteiger partial charge in [0.2, 0.25) is 0 Å². The Balaban J connectivity index is 1.97. The van der Waals surface area contributed by atoms with Crippen LogP contribution in [0.4, 0.5) is 5.13 Å². The number of thiazole rings is 1. The molecule has 0 bridgehead atoms. The number of rotatable bonds is 6. The zero-order valence-corrected chi connectivity index (χ0v) is 10.3. The number of hydrogen-bond acceptors (Lipinski definition) is 4. The van der Waals surface area contributed by atoms with E-state index in [1.807, 2.05) is 24.6 Å². The highest BCUT2D eigenvalue weighted by Crippen LogP contribution is 2.32. The van der Waals surface area contributed by atoms with Gasteiger partial charge in [-0.1, -0.05) is 0 Å². The van der Waals surface area contributed by atoms with E-state index in [1.165, 1.54) is 29.4 Å². The van der Waals surface area contributed by atoms with Crippen molar-refractivity contribution in [3.05, 3.63) is 11.1 Å². The first-order valence-electron chi connectivity index (χ1n) is 5.67. The van der Waals surface area contributed by atoms with Crippen LogP contribution < -0.4 is 10.2 Å². The third-order valence-electron chi connectivity index (χ3n) is 2.72. The summed E-state index contributed by atoms with van der Waals surface area (Å²) in [5.41, 5.74) is 0. The van der Waals surface area contributed by atoms with Crippen molar-refractivity contribution in [2.24, 2.45) is 5.92 Å². The van der Waals surface area contributed by atoms with Gasteiger partial charge in [0.1, 0.15) is 0 Å². The fourth-order valence-corrected chi connectivity index (χ4v) is 2.65. The molecule has 4 heteroatoms. The molecule has 84 valence electrons. The molecule has 0 spiro atoms. The second kappa shape index (κ2) is 4.94. The maximum Gasteiger partial charge on any atom is 0.185 e. The van der Waals surface area contributed by atoms with Gasteiger partial charge >= 0.3 is 0 Å². The highest BCUT2D eigenvalue weighted by molar-refractivity contribution is 7.15. The predicted molar refractivity (Wildman–Crippen MR) is 65.5 cm³/mol. The Morgan fingerprint density at radius 2 is 2.40 bits per heavy atom. The molecule has 0 unspecified atom stereocenters. The lowest BCUT2D eigenvalue weighted by Gasteiger charge is -2.19. The lowest BCUT2D eigenvalue weighted by Crippen LogP contribution is -2.24. The molecule has 1 aromatic heterocycles. The maximum absolute atomic E-state index is 4.49. The van der Waals surface area contributed by atoms with Gasteiger partial charge in [-0.2, -0.15) is 0 Å². The van der Waals surface area contributed by atoms with Crippen LogP contribution in [0.5, 0.6) is 0 Å². The van der Waals surface area contributed by atoms with Crippen LogP contribution in [0.2, 0.25) is 0 Å². The number of aromatic nitrogens is 1. The van der Waals surface area contributed by atoms with Gasteiger partial charge in [-0.15, -0.1) is 11.3 Å². The molecule has 1 aliphatic rings. The van der Waals surface area contributed by atoms with E-state index in [4.69, 9.17) is 0 Å². The summed E-state index contributed by atoms with van der Waals surface area (Å²) in [6, 6.07) is 0. The van der Waals surface area contributed by atoms with E-state index in [-0.39, 0.29) is 0 Å². The van der Waals surface area contributed by atoms with E-state index in [1.54, 1.807) is 0 Å². The normalized spacial score (nSPS) is 15.6. The minimum absolute atomic E-state index is 0.929. The molecule has 1 aromatic rings. The van der Waals surface area contributed by atoms with Gasteiger partial charge in [-0.25, -0.2) is 4.98 Å². The Hall–Kier alpha value is -0.610. The summed E-state index contributed by atoms with van der Waals surface area (Å²) in [4.78, 5) is 8.22. The van der Waals surface area contributed by atoms with Crippen LogP contribution in [-0.4, -0.2) is 25.1 Å². The van der Waals surface area contributed by atoms with Crippen LogP contribution in [0, 0.1) is 5.92 Å². The summed E-state index contributed by atoms with van der Waals surface area (Å²) in [6.07, 6.45) is 4.81. The molecular weight excluding hydrogens is 206 g/mol. The second-order valence-corrected chi connectivity index (χ2v) is 5.22. The number of nitrogens with one attached hydrogen (secondary N) is 1. The van der Waals surface area contributed by atoms with Crippen LogP contribution in [0.1, 0.15) is 24.6 Å². The average molecular weight is 225 g/mol. The summed E-state index contributed by atoms with van der Waals surface area (Å²) in [6.45, 7) is 5.41. The Bertz CT molecular complexity index is 307. The zero-order chi connectivity index (χ0) is 10.7. The van der Waals surface area contributed by atoms with Crippen molar-refractivity contribution >= 4 is 16.5 Å². The first kappa shape index (κ1) is 10.9. The molecule has 0 saturated heterocycles. The van der Waals surface area contributed by atoms with Crippen LogP contribution in [0.25, 0.3) is 0 Å². The molecule has 0 radical (unpaired) electrons. The molecule has 15 heavy (non-hydrogen) atoms. The van der Waals surface area contributed by atoms with Crippen LogP contribution in [-0.2, 0) is 6.54 Å². The largest absolute Gasteiger partial charge is 0.348 e. The monoisotopic (exact) mass is 225 g/mol. The van der Waals surface area contributed by atoms with E-state index in [9.17, 15) is 0 Å². The number of hydrogen-bond donors (Lipinski definition) is 1. The summed E-state index contributed by atoms with van der Waals surface area (Å²) < 4.78 is 0. The Labute approximate surface area is 95.5 Å². The van der Waals surface area contributed by atoms with E-state index in [0.717, 1.165) is 19.0 Å². The van der Waals surface area contributed by atoms with Crippen molar-refractivity contribution < 1.29 is 0 Å². The zero-order valence-electron chi connectivity index (χ0n) is 9.49. The molecule has 1 fully saturated rings. The van der Waals surface area contributed by atoms with Crippen molar-refractivity contribution in [3.63, 3.8) is 0 Å². The van der Waals surface area contributed by atoms with Gasteiger partial charge < -0.3 is 10.2 Å². The third-order valence-corrected chi connectivity index (χ3v) is 3.78. The van der Waals surface area contributed by atoms with Crippen molar-refractivity contribution in [2.45, 2.75) is 26.3 Å². The molecular formula is C11H19N3S. The van der Waals surface area contributed by atoms with Gasteiger partial charge in [0.15, 0.2) is 5.13 Å². The van der Waals surface area contributed by atoms with E-state index in [2.05, 4.69) is 22.1 Å². The molecule has 0 amide bonds. The van der Waals surface area contributed by atoms with Crippen LogP contribution in [0.15, 0.2) is 6.20 Å². The smallest absolute Gasteiger partial charge is 0.185 e. The lowest BCUT2D eigenvalue weighted by atomic mass is 10.4. The van der Waals surface area contributed by atoms with E-state index >= 15 is 0 Å². The summed E-state index contributed by atoms with van der Waals surface area (Å²) in [5, 5.41) is 4.35. The van der Waals surface area contributed by atoms with Gasteiger partial charge in [0.05, 0.1) is 0 Å². The van der Waals surface area contributed by atoms with Gasteiger partial charge in [-0.05, 0) is 32.7 Å².